The van der Waals surface area contributed by atoms with Gasteiger partial charge in [-0.15, -0.1) is 0 Å². The number of hydrogen-bond donors (Lipinski definition) is 1. The van der Waals surface area contributed by atoms with Crippen LogP contribution >= 0.6 is 0 Å². The van der Waals surface area contributed by atoms with Crippen LogP contribution in [-0.4, -0.2) is 23.8 Å². The average molecular weight is 239 g/mol. The molecule has 0 aliphatic heterocycles. The van der Waals surface area contributed by atoms with Crippen LogP contribution in [-0.2, 0) is 16.8 Å². The van der Waals surface area contributed by atoms with Crippen LogP contribution in [0.3, 0.4) is 0 Å². The van der Waals surface area contributed by atoms with Gasteiger partial charge in [0.05, 0.1) is 0 Å². The van der Waals surface area contributed by atoms with Gasteiger partial charge in [0.15, 0.2) is 0 Å². The number of nitrogens with two attached hydrogens (primary N) is 1. The van der Waals surface area contributed by atoms with Crippen LogP contribution in [0.15, 0.2) is 4.52 Å². The van der Waals surface area contributed by atoms with E-state index in [1.165, 1.54) is 19.3 Å². The van der Waals surface area contributed by atoms with E-state index in [2.05, 4.69) is 10.1 Å². The average Bonchev–Trinajstić information content (AvgIpc) is 2.86. The van der Waals surface area contributed by atoms with E-state index in [4.69, 9.17) is 15.0 Å². The molecule has 0 unspecified atom stereocenters. The standard InChI is InChI=1S/C12H21N3O2/c1-16-12(7-3-2-4-8-12)11-14-10(17-15-11)6-5-9-13/h2-9,13H2,1H3. The van der Waals surface area contributed by atoms with E-state index < -0.39 is 0 Å². The second kappa shape index (κ2) is 5.60. The predicted molar refractivity (Wildman–Crippen MR) is 63.4 cm³/mol. The predicted octanol–water partition coefficient (Wildman–Crippen LogP) is 1.77. The van der Waals surface area contributed by atoms with Crippen molar-refractivity contribution in [1.29, 1.82) is 0 Å². The molecule has 1 aromatic rings. The lowest BCUT2D eigenvalue weighted by Crippen LogP contribution is -2.32. The molecule has 0 amide bonds. The first-order valence-corrected chi connectivity index (χ1v) is 6.39. The summed E-state index contributed by atoms with van der Waals surface area (Å²) in [6.45, 7) is 0.646. The van der Waals surface area contributed by atoms with Crippen molar-refractivity contribution in [1.82, 2.24) is 10.1 Å². The molecule has 1 aromatic heterocycles. The van der Waals surface area contributed by atoms with Gasteiger partial charge in [-0.2, -0.15) is 4.98 Å². The Kier molecular flexibility index (Phi) is 4.12. The third kappa shape index (κ3) is 2.66. The Balaban J connectivity index is 2.10. The maximum Gasteiger partial charge on any atom is 0.226 e. The Morgan fingerprint density at radius 2 is 2.12 bits per heavy atom. The van der Waals surface area contributed by atoms with Crippen molar-refractivity contribution in [2.45, 2.75) is 50.5 Å². The van der Waals surface area contributed by atoms with Gasteiger partial charge in [0, 0.05) is 13.5 Å². The molecule has 96 valence electrons. The number of ether oxygens (including phenoxy) is 1. The number of methoxy groups -OCH3 is 1. The topological polar surface area (TPSA) is 74.2 Å². The molecule has 0 bridgehead atoms. The van der Waals surface area contributed by atoms with Crippen LogP contribution in [0, 0.1) is 0 Å². The highest BCUT2D eigenvalue weighted by molar-refractivity contribution is 5.03. The molecule has 2 N–H and O–H groups in total. The van der Waals surface area contributed by atoms with Crippen molar-refractivity contribution in [3.05, 3.63) is 11.7 Å². The molecule has 0 atom stereocenters. The van der Waals surface area contributed by atoms with Crippen LogP contribution in [0.1, 0.15) is 50.2 Å². The normalized spacial score (nSPS) is 19.4. The number of nitrogens with zero attached hydrogens (tertiary/aromatic N) is 2. The molecule has 1 aliphatic carbocycles. The van der Waals surface area contributed by atoms with Crippen LogP contribution in [0.2, 0.25) is 0 Å². The molecule has 5 heteroatoms. The number of rotatable bonds is 5. The summed E-state index contributed by atoms with van der Waals surface area (Å²) in [5, 5.41) is 4.08. The first kappa shape index (κ1) is 12.5. The molecule has 0 radical (unpaired) electrons. The van der Waals surface area contributed by atoms with Gasteiger partial charge in [0.25, 0.3) is 0 Å². The highest BCUT2D eigenvalue weighted by Crippen LogP contribution is 2.38. The zero-order chi connectivity index (χ0) is 12.1. The summed E-state index contributed by atoms with van der Waals surface area (Å²) in [6, 6.07) is 0. The Bertz CT molecular complexity index is 345. The van der Waals surface area contributed by atoms with Gasteiger partial charge in [-0.05, 0) is 25.8 Å². The summed E-state index contributed by atoms with van der Waals surface area (Å²) in [6.07, 6.45) is 7.20. The molecule has 1 saturated carbocycles. The minimum atomic E-state index is -0.317. The zero-order valence-corrected chi connectivity index (χ0v) is 10.4. The minimum Gasteiger partial charge on any atom is -0.370 e. The summed E-state index contributed by atoms with van der Waals surface area (Å²) in [5.74, 6) is 1.39. The molecular formula is C12H21N3O2. The summed E-state index contributed by atoms with van der Waals surface area (Å²) in [7, 11) is 1.74. The third-order valence-corrected chi connectivity index (χ3v) is 3.52. The molecule has 1 aliphatic rings. The SMILES string of the molecule is COC1(c2noc(CCCN)n2)CCCCC1. The molecule has 0 saturated heterocycles. The van der Waals surface area contributed by atoms with Gasteiger partial charge in [0.2, 0.25) is 11.7 Å². The van der Waals surface area contributed by atoms with E-state index >= 15 is 0 Å². The van der Waals surface area contributed by atoms with Gasteiger partial charge in [-0.25, -0.2) is 0 Å². The quantitative estimate of drug-likeness (QED) is 0.847. The third-order valence-electron chi connectivity index (χ3n) is 3.52. The first-order valence-electron chi connectivity index (χ1n) is 6.39. The largest absolute Gasteiger partial charge is 0.370 e. The highest BCUT2D eigenvalue weighted by Gasteiger charge is 2.38. The van der Waals surface area contributed by atoms with Crippen LogP contribution < -0.4 is 5.73 Å². The number of aromatic nitrogens is 2. The molecular weight excluding hydrogens is 218 g/mol. The van der Waals surface area contributed by atoms with Gasteiger partial charge in [-0.1, -0.05) is 24.4 Å². The minimum absolute atomic E-state index is 0.317. The van der Waals surface area contributed by atoms with Crippen molar-refractivity contribution in [3.63, 3.8) is 0 Å². The summed E-state index contributed by atoms with van der Waals surface area (Å²) >= 11 is 0. The Morgan fingerprint density at radius 3 is 2.76 bits per heavy atom. The zero-order valence-electron chi connectivity index (χ0n) is 10.4. The van der Waals surface area contributed by atoms with Gasteiger partial charge in [-0.3, -0.25) is 0 Å². The summed E-state index contributed by atoms with van der Waals surface area (Å²) in [4.78, 5) is 4.46. The van der Waals surface area contributed by atoms with Gasteiger partial charge >= 0.3 is 0 Å². The van der Waals surface area contributed by atoms with E-state index in [1.807, 2.05) is 0 Å². The van der Waals surface area contributed by atoms with Crippen molar-refractivity contribution in [2.24, 2.45) is 5.73 Å². The van der Waals surface area contributed by atoms with E-state index in [1.54, 1.807) is 7.11 Å². The fourth-order valence-electron chi connectivity index (χ4n) is 2.44. The molecule has 17 heavy (non-hydrogen) atoms. The fraction of sp³-hybridized carbons (Fsp3) is 0.833. The first-order chi connectivity index (χ1) is 8.30. The maximum absolute atomic E-state index is 5.67. The lowest BCUT2D eigenvalue weighted by molar-refractivity contribution is -0.0527. The lowest BCUT2D eigenvalue weighted by Gasteiger charge is -2.32. The monoisotopic (exact) mass is 239 g/mol. The van der Waals surface area contributed by atoms with Crippen LogP contribution in [0.4, 0.5) is 0 Å². The summed E-state index contributed by atoms with van der Waals surface area (Å²) in [5.41, 5.74) is 5.15. The maximum atomic E-state index is 5.67. The van der Waals surface area contributed by atoms with Crippen molar-refractivity contribution >= 4 is 0 Å². The molecule has 2 rings (SSSR count). The van der Waals surface area contributed by atoms with Gasteiger partial charge < -0.3 is 15.0 Å². The molecule has 0 spiro atoms. The molecule has 5 nitrogen and oxygen atoms in total. The molecule has 1 fully saturated rings. The summed E-state index contributed by atoms with van der Waals surface area (Å²) < 4.78 is 10.9. The second-order valence-electron chi connectivity index (χ2n) is 4.66. The van der Waals surface area contributed by atoms with E-state index in [-0.39, 0.29) is 5.60 Å². The van der Waals surface area contributed by atoms with Crippen LogP contribution in [0.25, 0.3) is 0 Å². The van der Waals surface area contributed by atoms with Crippen molar-refractivity contribution in [3.8, 4) is 0 Å². The van der Waals surface area contributed by atoms with E-state index in [0.29, 0.717) is 18.3 Å². The van der Waals surface area contributed by atoms with Crippen molar-refractivity contribution < 1.29 is 9.26 Å². The smallest absolute Gasteiger partial charge is 0.226 e. The Morgan fingerprint density at radius 1 is 1.35 bits per heavy atom. The fourth-order valence-corrected chi connectivity index (χ4v) is 2.44. The van der Waals surface area contributed by atoms with E-state index in [9.17, 15) is 0 Å². The number of aryl methyl sites for hydroxylation is 1. The Labute approximate surface area is 102 Å². The Hall–Kier alpha value is -0.940. The lowest BCUT2D eigenvalue weighted by atomic mass is 9.84. The molecule has 1 heterocycles. The van der Waals surface area contributed by atoms with Crippen LogP contribution in [0.5, 0.6) is 0 Å². The van der Waals surface area contributed by atoms with Gasteiger partial charge in [0.1, 0.15) is 5.60 Å². The highest BCUT2D eigenvalue weighted by atomic mass is 16.5. The second-order valence-corrected chi connectivity index (χ2v) is 4.66. The number of hydrogen-bond acceptors (Lipinski definition) is 5. The van der Waals surface area contributed by atoms with E-state index in [0.717, 1.165) is 25.7 Å². The van der Waals surface area contributed by atoms with Crippen molar-refractivity contribution in [2.75, 3.05) is 13.7 Å². The molecule has 0 aromatic carbocycles.